The van der Waals surface area contributed by atoms with Gasteiger partial charge in [0.15, 0.2) is 9.84 Å². The molecule has 2 N–H and O–H groups in total. The van der Waals surface area contributed by atoms with Gasteiger partial charge in [0.05, 0.1) is 10.6 Å². The maximum Gasteiger partial charge on any atom is 0.178 e. The van der Waals surface area contributed by atoms with Crippen LogP contribution < -0.4 is 5.73 Å². The molecule has 108 valence electrons. The van der Waals surface area contributed by atoms with E-state index in [0.717, 1.165) is 17.3 Å². The smallest absolute Gasteiger partial charge is 0.178 e. The lowest BCUT2D eigenvalue weighted by atomic mass is 9.88. The fraction of sp³-hybridized carbons (Fsp3) is 0.571. The first-order valence-electron chi connectivity index (χ1n) is 6.45. The molecule has 0 saturated heterocycles. The zero-order chi connectivity index (χ0) is 14.5. The van der Waals surface area contributed by atoms with Crippen LogP contribution in [-0.2, 0) is 9.84 Å². The number of sulfone groups is 1. The van der Waals surface area contributed by atoms with Crippen LogP contribution in [0.5, 0.6) is 0 Å². The van der Waals surface area contributed by atoms with Crippen LogP contribution >= 0.6 is 15.9 Å². The standard InChI is InChI=1S/C14H22BrNO2S/c1-14(2,11-16)8-3-4-9-19(17,18)13-7-5-6-12(15)10-13/h5-7,10H,3-4,8-9,11,16H2,1-2H3. The molecule has 0 fully saturated rings. The summed E-state index contributed by atoms with van der Waals surface area (Å²) in [6, 6.07) is 6.86. The Morgan fingerprint density at radius 3 is 2.53 bits per heavy atom. The van der Waals surface area contributed by atoms with E-state index in [1.165, 1.54) is 0 Å². The predicted molar refractivity (Wildman–Crippen MR) is 82.9 cm³/mol. The van der Waals surface area contributed by atoms with E-state index in [9.17, 15) is 8.42 Å². The van der Waals surface area contributed by atoms with Crippen molar-refractivity contribution in [2.24, 2.45) is 11.1 Å². The van der Waals surface area contributed by atoms with Gasteiger partial charge in [0, 0.05) is 4.47 Å². The van der Waals surface area contributed by atoms with E-state index in [4.69, 9.17) is 5.73 Å². The average molecular weight is 348 g/mol. The lowest BCUT2D eigenvalue weighted by molar-refractivity contribution is 0.335. The van der Waals surface area contributed by atoms with Crippen molar-refractivity contribution in [1.82, 2.24) is 0 Å². The normalized spacial score (nSPS) is 12.6. The number of unbranched alkanes of at least 4 members (excludes halogenated alkanes) is 1. The van der Waals surface area contributed by atoms with Crippen molar-refractivity contribution in [2.75, 3.05) is 12.3 Å². The van der Waals surface area contributed by atoms with Crippen LogP contribution in [0.1, 0.15) is 33.1 Å². The van der Waals surface area contributed by atoms with Crippen molar-refractivity contribution in [2.45, 2.75) is 38.0 Å². The highest BCUT2D eigenvalue weighted by atomic mass is 79.9. The molecule has 1 aromatic rings. The molecule has 0 bridgehead atoms. The van der Waals surface area contributed by atoms with Crippen LogP contribution in [-0.4, -0.2) is 20.7 Å². The number of nitrogens with two attached hydrogens (primary N) is 1. The van der Waals surface area contributed by atoms with Crippen molar-refractivity contribution in [3.8, 4) is 0 Å². The minimum atomic E-state index is -3.17. The Balaban J connectivity index is 2.53. The number of halogens is 1. The Labute approximate surface area is 124 Å². The van der Waals surface area contributed by atoms with Crippen LogP contribution in [0, 0.1) is 5.41 Å². The molecule has 0 saturated carbocycles. The first-order valence-corrected chi connectivity index (χ1v) is 8.90. The van der Waals surface area contributed by atoms with Crippen molar-refractivity contribution in [3.63, 3.8) is 0 Å². The van der Waals surface area contributed by atoms with E-state index in [2.05, 4.69) is 29.8 Å². The molecule has 3 nitrogen and oxygen atoms in total. The highest BCUT2D eigenvalue weighted by Crippen LogP contribution is 2.23. The van der Waals surface area contributed by atoms with Crippen molar-refractivity contribution >= 4 is 25.8 Å². The van der Waals surface area contributed by atoms with E-state index in [1.54, 1.807) is 18.2 Å². The number of hydrogen-bond donors (Lipinski definition) is 1. The SMILES string of the molecule is CC(C)(CN)CCCCS(=O)(=O)c1cccc(Br)c1. The fourth-order valence-electron chi connectivity index (χ4n) is 1.78. The Bertz CT molecular complexity index is 512. The van der Waals surface area contributed by atoms with Crippen molar-refractivity contribution < 1.29 is 8.42 Å². The highest BCUT2D eigenvalue weighted by molar-refractivity contribution is 9.10. The van der Waals surface area contributed by atoms with Gasteiger partial charge < -0.3 is 5.73 Å². The molecule has 0 aliphatic carbocycles. The maximum atomic E-state index is 12.1. The Morgan fingerprint density at radius 1 is 1.26 bits per heavy atom. The summed E-state index contributed by atoms with van der Waals surface area (Å²) in [7, 11) is -3.17. The lowest BCUT2D eigenvalue weighted by Gasteiger charge is -2.21. The second kappa shape index (κ2) is 6.86. The summed E-state index contributed by atoms with van der Waals surface area (Å²) >= 11 is 3.29. The quantitative estimate of drug-likeness (QED) is 0.769. The monoisotopic (exact) mass is 347 g/mol. The van der Waals surface area contributed by atoms with Crippen LogP contribution in [0.4, 0.5) is 0 Å². The van der Waals surface area contributed by atoms with E-state index in [1.807, 2.05) is 6.07 Å². The van der Waals surface area contributed by atoms with Gasteiger partial charge in [-0.3, -0.25) is 0 Å². The minimum Gasteiger partial charge on any atom is -0.330 e. The van der Waals surface area contributed by atoms with Crippen molar-refractivity contribution in [1.29, 1.82) is 0 Å². The summed E-state index contributed by atoms with van der Waals surface area (Å²) in [6.07, 6.45) is 2.52. The topological polar surface area (TPSA) is 60.2 Å². The molecule has 0 atom stereocenters. The zero-order valence-electron chi connectivity index (χ0n) is 11.5. The molecule has 0 aliphatic rings. The molecule has 0 unspecified atom stereocenters. The summed E-state index contributed by atoms with van der Waals surface area (Å²) < 4.78 is 25.1. The van der Waals surface area contributed by atoms with Crippen LogP contribution in [0.3, 0.4) is 0 Å². The summed E-state index contributed by atoms with van der Waals surface area (Å²) in [4.78, 5) is 0.389. The van der Waals surface area contributed by atoms with Gasteiger partial charge in [0.1, 0.15) is 0 Å². The van der Waals surface area contributed by atoms with Gasteiger partial charge in [-0.25, -0.2) is 8.42 Å². The molecule has 1 rings (SSSR count). The summed E-state index contributed by atoms with van der Waals surface area (Å²) in [6.45, 7) is 4.84. The maximum absolute atomic E-state index is 12.1. The Kier molecular flexibility index (Phi) is 6.02. The van der Waals surface area contributed by atoms with Gasteiger partial charge in [-0.1, -0.05) is 42.3 Å². The van der Waals surface area contributed by atoms with Gasteiger partial charge >= 0.3 is 0 Å². The summed E-state index contributed by atoms with van der Waals surface area (Å²) in [5, 5.41) is 0. The molecule has 0 heterocycles. The summed E-state index contributed by atoms with van der Waals surface area (Å²) in [5.41, 5.74) is 5.76. The van der Waals surface area contributed by atoms with Gasteiger partial charge in [0.2, 0.25) is 0 Å². The molecule has 5 heteroatoms. The van der Waals surface area contributed by atoms with E-state index >= 15 is 0 Å². The predicted octanol–water partition coefficient (Wildman–Crippen LogP) is 3.38. The Hall–Kier alpha value is -0.390. The van der Waals surface area contributed by atoms with Crippen LogP contribution in [0.15, 0.2) is 33.6 Å². The number of hydrogen-bond acceptors (Lipinski definition) is 3. The third-order valence-electron chi connectivity index (χ3n) is 3.22. The second-order valence-electron chi connectivity index (χ2n) is 5.60. The third kappa shape index (κ3) is 5.63. The molecule has 0 aliphatic heterocycles. The van der Waals surface area contributed by atoms with Crippen molar-refractivity contribution in [3.05, 3.63) is 28.7 Å². The lowest BCUT2D eigenvalue weighted by Crippen LogP contribution is -2.23. The van der Waals surface area contributed by atoms with E-state index in [0.29, 0.717) is 17.9 Å². The molecular weight excluding hydrogens is 326 g/mol. The molecule has 0 radical (unpaired) electrons. The largest absolute Gasteiger partial charge is 0.330 e. The molecule has 19 heavy (non-hydrogen) atoms. The van der Waals surface area contributed by atoms with E-state index < -0.39 is 9.84 Å². The zero-order valence-corrected chi connectivity index (χ0v) is 13.9. The van der Waals surface area contributed by atoms with Gasteiger partial charge in [-0.05, 0) is 43.0 Å². The minimum absolute atomic E-state index is 0.0968. The van der Waals surface area contributed by atoms with Crippen LogP contribution in [0.2, 0.25) is 0 Å². The molecule has 0 amide bonds. The average Bonchev–Trinajstić information content (AvgIpc) is 2.35. The van der Waals surface area contributed by atoms with Gasteiger partial charge in [-0.2, -0.15) is 0 Å². The number of benzene rings is 1. The van der Waals surface area contributed by atoms with Crippen LogP contribution in [0.25, 0.3) is 0 Å². The fourth-order valence-corrected chi connectivity index (χ4v) is 3.74. The summed E-state index contributed by atoms with van der Waals surface area (Å²) in [5.74, 6) is 0.199. The van der Waals surface area contributed by atoms with Gasteiger partial charge in [0.25, 0.3) is 0 Å². The first kappa shape index (κ1) is 16.7. The Morgan fingerprint density at radius 2 is 1.95 bits per heavy atom. The number of rotatable bonds is 7. The van der Waals surface area contributed by atoms with Gasteiger partial charge in [-0.15, -0.1) is 0 Å². The molecule has 0 spiro atoms. The second-order valence-corrected chi connectivity index (χ2v) is 8.63. The molecular formula is C14H22BrNO2S. The highest BCUT2D eigenvalue weighted by Gasteiger charge is 2.17. The van der Waals surface area contributed by atoms with E-state index in [-0.39, 0.29) is 11.2 Å². The third-order valence-corrected chi connectivity index (χ3v) is 5.52. The molecule has 1 aromatic carbocycles. The molecule has 0 aromatic heterocycles. The first-order chi connectivity index (χ1) is 8.77.